The predicted octanol–water partition coefficient (Wildman–Crippen LogP) is 3.02. The molecule has 0 aliphatic carbocycles. The quantitative estimate of drug-likeness (QED) is 0.787. The maximum Gasteiger partial charge on any atom is 0.170 e. The summed E-state index contributed by atoms with van der Waals surface area (Å²) in [4.78, 5) is 0. The monoisotopic (exact) mass is 309 g/mol. The second-order valence-corrected chi connectivity index (χ2v) is 5.01. The van der Waals surface area contributed by atoms with Gasteiger partial charge in [0.25, 0.3) is 0 Å². The molecule has 0 amide bonds. The summed E-state index contributed by atoms with van der Waals surface area (Å²) in [6.45, 7) is 0.374. The van der Waals surface area contributed by atoms with Crippen LogP contribution in [-0.4, -0.2) is 24.0 Å². The van der Waals surface area contributed by atoms with Gasteiger partial charge in [-0.3, -0.25) is 0 Å². The third-order valence-electron chi connectivity index (χ3n) is 3.65. The van der Waals surface area contributed by atoms with Crippen molar-refractivity contribution in [2.45, 2.75) is 6.54 Å². The summed E-state index contributed by atoms with van der Waals surface area (Å²) in [5.41, 5.74) is 9.38. The van der Waals surface area contributed by atoms with Gasteiger partial charge in [0.05, 0.1) is 31.3 Å². The Bertz CT molecular complexity index is 797. The number of hydrogen-bond donors (Lipinski definition) is 1. The molecule has 0 saturated carbocycles. The molecule has 0 saturated heterocycles. The van der Waals surface area contributed by atoms with Crippen molar-refractivity contribution in [3.63, 3.8) is 0 Å². The van der Waals surface area contributed by atoms with E-state index in [1.807, 2.05) is 59.3 Å². The Hall–Kier alpha value is -2.79. The molecule has 0 bridgehead atoms. The molecule has 5 heteroatoms. The standard InChI is InChI=1S/C18H19N3O2/c1-22-17-10-6-9-15(18(17)23-2)16-11-13(12-19)20-21(16)14-7-4-3-5-8-14/h3-11H,12,19H2,1-2H3. The maximum absolute atomic E-state index is 5.78. The summed E-state index contributed by atoms with van der Waals surface area (Å²) in [5.74, 6) is 1.36. The van der Waals surface area contributed by atoms with E-state index in [0.717, 1.165) is 22.6 Å². The highest BCUT2D eigenvalue weighted by Crippen LogP contribution is 2.38. The molecule has 23 heavy (non-hydrogen) atoms. The van der Waals surface area contributed by atoms with E-state index < -0.39 is 0 Å². The van der Waals surface area contributed by atoms with Crippen LogP contribution in [0.1, 0.15) is 5.69 Å². The van der Waals surface area contributed by atoms with Gasteiger partial charge in [-0.15, -0.1) is 0 Å². The van der Waals surface area contributed by atoms with Gasteiger partial charge in [-0.2, -0.15) is 5.10 Å². The number of nitrogens with two attached hydrogens (primary N) is 1. The zero-order valence-corrected chi connectivity index (χ0v) is 13.2. The van der Waals surface area contributed by atoms with Crippen LogP contribution in [0.4, 0.5) is 0 Å². The molecule has 3 aromatic rings. The summed E-state index contributed by atoms with van der Waals surface area (Å²) in [6.07, 6.45) is 0. The van der Waals surface area contributed by atoms with Gasteiger partial charge in [-0.05, 0) is 30.3 Å². The Morgan fingerprint density at radius 2 is 1.78 bits per heavy atom. The van der Waals surface area contributed by atoms with Gasteiger partial charge in [0, 0.05) is 12.1 Å². The highest BCUT2D eigenvalue weighted by Gasteiger charge is 2.17. The van der Waals surface area contributed by atoms with Crippen molar-refractivity contribution in [3.8, 4) is 28.4 Å². The van der Waals surface area contributed by atoms with Crippen molar-refractivity contribution in [1.82, 2.24) is 9.78 Å². The van der Waals surface area contributed by atoms with Crippen LogP contribution in [0.25, 0.3) is 16.9 Å². The summed E-state index contributed by atoms with van der Waals surface area (Å²) >= 11 is 0. The maximum atomic E-state index is 5.78. The van der Waals surface area contributed by atoms with E-state index >= 15 is 0 Å². The molecule has 2 N–H and O–H groups in total. The molecule has 0 radical (unpaired) electrons. The number of aromatic nitrogens is 2. The Labute approximate surface area is 135 Å². The molecule has 1 heterocycles. The third kappa shape index (κ3) is 2.78. The van der Waals surface area contributed by atoms with Crippen LogP contribution in [-0.2, 0) is 6.54 Å². The molecule has 0 unspecified atom stereocenters. The molecular formula is C18H19N3O2. The van der Waals surface area contributed by atoms with E-state index in [4.69, 9.17) is 15.2 Å². The van der Waals surface area contributed by atoms with Crippen LogP contribution in [0.15, 0.2) is 54.6 Å². The normalized spacial score (nSPS) is 10.6. The lowest BCUT2D eigenvalue weighted by Crippen LogP contribution is -2.02. The lowest BCUT2D eigenvalue weighted by Gasteiger charge is -2.14. The van der Waals surface area contributed by atoms with Crippen molar-refractivity contribution in [1.29, 1.82) is 0 Å². The molecule has 2 aromatic carbocycles. The number of hydrogen-bond acceptors (Lipinski definition) is 4. The molecule has 0 aliphatic rings. The predicted molar refractivity (Wildman–Crippen MR) is 90.0 cm³/mol. The van der Waals surface area contributed by atoms with Crippen molar-refractivity contribution in [2.24, 2.45) is 5.73 Å². The first kappa shape index (κ1) is 15.1. The number of benzene rings is 2. The molecule has 0 aliphatic heterocycles. The van der Waals surface area contributed by atoms with Gasteiger partial charge in [0.1, 0.15) is 0 Å². The van der Waals surface area contributed by atoms with Crippen LogP contribution >= 0.6 is 0 Å². The summed E-state index contributed by atoms with van der Waals surface area (Å²) in [5, 5.41) is 4.60. The molecule has 1 aromatic heterocycles. The lowest BCUT2D eigenvalue weighted by atomic mass is 10.1. The Morgan fingerprint density at radius 1 is 1.00 bits per heavy atom. The minimum Gasteiger partial charge on any atom is -0.493 e. The first-order valence-corrected chi connectivity index (χ1v) is 7.34. The number of nitrogens with zero attached hydrogens (tertiary/aromatic N) is 2. The molecule has 0 fully saturated rings. The zero-order valence-electron chi connectivity index (χ0n) is 13.2. The van der Waals surface area contributed by atoms with Crippen molar-refractivity contribution < 1.29 is 9.47 Å². The van der Waals surface area contributed by atoms with Crippen LogP contribution < -0.4 is 15.2 Å². The van der Waals surface area contributed by atoms with E-state index in [-0.39, 0.29) is 0 Å². The van der Waals surface area contributed by atoms with Crippen LogP contribution in [0.5, 0.6) is 11.5 Å². The van der Waals surface area contributed by atoms with E-state index in [1.54, 1.807) is 14.2 Å². The van der Waals surface area contributed by atoms with Gasteiger partial charge >= 0.3 is 0 Å². The fourth-order valence-electron chi connectivity index (χ4n) is 2.58. The summed E-state index contributed by atoms with van der Waals surface area (Å²) in [7, 11) is 3.26. The molecule has 3 rings (SSSR count). The minimum absolute atomic E-state index is 0.374. The van der Waals surface area contributed by atoms with Crippen molar-refractivity contribution in [3.05, 3.63) is 60.3 Å². The number of para-hydroxylation sites is 2. The highest BCUT2D eigenvalue weighted by atomic mass is 16.5. The summed E-state index contributed by atoms with van der Waals surface area (Å²) < 4.78 is 12.8. The fraction of sp³-hybridized carbons (Fsp3) is 0.167. The Kier molecular flexibility index (Phi) is 4.30. The van der Waals surface area contributed by atoms with E-state index in [1.165, 1.54) is 0 Å². The minimum atomic E-state index is 0.374. The van der Waals surface area contributed by atoms with Crippen molar-refractivity contribution in [2.75, 3.05) is 14.2 Å². The van der Waals surface area contributed by atoms with Gasteiger partial charge < -0.3 is 15.2 Å². The number of rotatable bonds is 5. The Morgan fingerprint density at radius 3 is 2.43 bits per heavy atom. The average Bonchev–Trinajstić information content (AvgIpc) is 3.06. The zero-order chi connectivity index (χ0) is 16.2. The van der Waals surface area contributed by atoms with Gasteiger partial charge in [-0.25, -0.2) is 4.68 Å². The van der Waals surface area contributed by atoms with Gasteiger partial charge in [-0.1, -0.05) is 24.3 Å². The SMILES string of the molecule is COc1cccc(-c2cc(CN)nn2-c2ccccc2)c1OC. The van der Waals surface area contributed by atoms with Crippen LogP contribution in [0.2, 0.25) is 0 Å². The van der Waals surface area contributed by atoms with E-state index in [2.05, 4.69) is 5.10 Å². The average molecular weight is 309 g/mol. The molecule has 5 nitrogen and oxygen atoms in total. The first-order chi connectivity index (χ1) is 11.3. The summed E-state index contributed by atoms with van der Waals surface area (Å²) in [6, 6.07) is 17.7. The van der Waals surface area contributed by atoms with Crippen LogP contribution in [0.3, 0.4) is 0 Å². The Balaban J connectivity index is 2.23. The van der Waals surface area contributed by atoms with E-state index in [0.29, 0.717) is 18.0 Å². The van der Waals surface area contributed by atoms with E-state index in [9.17, 15) is 0 Å². The molecule has 0 atom stereocenters. The first-order valence-electron chi connectivity index (χ1n) is 7.34. The smallest absolute Gasteiger partial charge is 0.170 e. The fourth-order valence-corrected chi connectivity index (χ4v) is 2.58. The number of methoxy groups -OCH3 is 2. The number of ether oxygens (including phenoxy) is 2. The largest absolute Gasteiger partial charge is 0.493 e. The third-order valence-corrected chi connectivity index (χ3v) is 3.65. The lowest BCUT2D eigenvalue weighted by molar-refractivity contribution is 0.356. The van der Waals surface area contributed by atoms with Crippen molar-refractivity contribution >= 4 is 0 Å². The molecule has 118 valence electrons. The molecular weight excluding hydrogens is 290 g/mol. The second kappa shape index (κ2) is 6.54. The topological polar surface area (TPSA) is 62.3 Å². The second-order valence-electron chi connectivity index (χ2n) is 5.01. The highest BCUT2D eigenvalue weighted by molar-refractivity contribution is 5.73. The molecule has 0 spiro atoms. The van der Waals surface area contributed by atoms with Crippen LogP contribution in [0, 0.1) is 0 Å². The van der Waals surface area contributed by atoms with Gasteiger partial charge in [0.15, 0.2) is 11.5 Å². The van der Waals surface area contributed by atoms with Gasteiger partial charge in [0.2, 0.25) is 0 Å².